The van der Waals surface area contributed by atoms with E-state index in [0.717, 1.165) is 38.5 Å². The highest BCUT2D eigenvalue weighted by Crippen LogP contribution is 2.42. The van der Waals surface area contributed by atoms with Gasteiger partial charge in [-0.2, -0.15) is 24.2 Å². The van der Waals surface area contributed by atoms with Crippen molar-refractivity contribution < 1.29 is 21.6 Å². The normalized spacial score (nSPS) is 24.3. The highest BCUT2D eigenvalue weighted by atomic mass is 32.2. The third-order valence-corrected chi connectivity index (χ3v) is 9.47. The molecular weight excluding hydrogens is 531 g/mol. The Bertz CT molecular complexity index is 1250. The Morgan fingerprint density at radius 2 is 1.51 bits per heavy atom. The molecule has 0 spiro atoms. The van der Waals surface area contributed by atoms with Crippen LogP contribution >= 0.6 is 0 Å². The number of hydrogen-bond acceptors (Lipinski definition) is 8. The molecule has 3 fully saturated rings. The molecule has 0 radical (unpaired) electrons. The second-order valence-electron chi connectivity index (χ2n) is 10.8. The lowest BCUT2D eigenvalue weighted by Crippen LogP contribution is -2.43. The fraction of sp³-hybridized carbons (Fsp3) is 0.538. The number of piperidine rings is 1. The molecular formula is C26H36F3N7O2S. The summed E-state index contributed by atoms with van der Waals surface area (Å²) in [6.45, 7) is 2.87. The van der Waals surface area contributed by atoms with Crippen LogP contribution in [0.3, 0.4) is 0 Å². The molecule has 2 heterocycles. The summed E-state index contributed by atoms with van der Waals surface area (Å²) in [5.41, 5.74) is 17.0. The molecule has 5 rings (SSSR count). The van der Waals surface area contributed by atoms with Crippen LogP contribution < -0.4 is 32.8 Å². The summed E-state index contributed by atoms with van der Waals surface area (Å²) in [7, 11) is -4.73. The molecule has 1 aliphatic carbocycles. The first-order valence-corrected chi connectivity index (χ1v) is 14.9. The summed E-state index contributed by atoms with van der Waals surface area (Å²) >= 11 is 0. The number of likely N-dealkylation sites (tertiary alicyclic amines) is 1. The van der Waals surface area contributed by atoms with Gasteiger partial charge in [-0.25, -0.2) is 24.4 Å². The molecule has 0 bridgehead atoms. The Kier molecular flexibility index (Phi) is 8.32. The van der Waals surface area contributed by atoms with Crippen molar-refractivity contribution in [1.82, 2.24) is 26.8 Å². The average Bonchev–Trinajstić information content (AvgIpc) is 3.46. The maximum Gasteiger partial charge on any atom is 0.417 e. The van der Waals surface area contributed by atoms with Gasteiger partial charge in [-0.3, -0.25) is 0 Å². The van der Waals surface area contributed by atoms with Crippen molar-refractivity contribution in [2.45, 2.75) is 67.7 Å². The number of halogens is 3. The molecule has 9 nitrogen and oxygen atoms in total. The molecule has 8 N–H and O–H groups in total. The summed E-state index contributed by atoms with van der Waals surface area (Å²) in [4.78, 5) is 1.66. The molecule has 39 heavy (non-hydrogen) atoms. The van der Waals surface area contributed by atoms with Crippen LogP contribution in [0.5, 0.6) is 0 Å². The van der Waals surface area contributed by atoms with Gasteiger partial charge in [0.1, 0.15) is 11.1 Å². The fourth-order valence-corrected chi connectivity index (χ4v) is 7.37. The standard InChI is InChI=1S/C26H36F3N7O2S/c27-26(28,29)22-10-9-21(23(24(22)39(31,37)38)25-32-34-35-33-25)19-5-3-17(4-6-19)18-11-13-36(14-12-18)20-7-1-16(15-30)2-8-20/h3-6,9-10,16,18,20,25,32-35H,1-2,7-8,11-15,30H2,(H2,31,37,38). The van der Waals surface area contributed by atoms with E-state index in [2.05, 4.69) is 26.8 Å². The van der Waals surface area contributed by atoms with Crippen molar-refractivity contribution in [3.05, 3.63) is 53.1 Å². The molecule has 0 unspecified atom stereocenters. The first kappa shape index (κ1) is 28.4. The molecule has 0 aromatic heterocycles. The van der Waals surface area contributed by atoms with Crippen molar-refractivity contribution in [2.75, 3.05) is 19.6 Å². The van der Waals surface area contributed by atoms with Gasteiger partial charge in [-0.05, 0) is 92.8 Å². The monoisotopic (exact) mass is 567 g/mol. The van der Waals surface area contributed by atoms with E-state index in [9.17, 15) is 21.6 Å². The van der Waals surface area contributed by atoms with Crippen molar-refractivity contribution in [2.24, 2.45) is 16.8 Å². The Labute approximate surface area is 226 Å². The summed E-state index contributed by atoms with van der Waals surface area (Å²) in [6, 6.07) is 10.4. The van der Waals surface area contributed by atoms with Crippen molar-refractivity contribution in [3.8, 4) is 11.1 Å². The summed E-state index contributed by atoms with van der Waals surface area (Å²) in [5.74, 6) is 1.06. The minimum atomic E-state index is -4.91. The predicted molar refractivity (Wildman–Crippen MR) is 142 cm³/mol. The first-order chi connectivity index (χ1) is 18.6. The zero-order chi connectivity index (χ0) is 27.8. The van der Waals surface area contributed by atoms with E-state index in [0.29, 0.717) is 29.0 Å². The van der Waals surface area contributed by atoms with E-state index in [4.69, 9.17) is 10.9 Å². The van der Waals surface area contributed by atoms with Crippen LogP contribution in [0.4, 0.5) is 13.2 Å². The number of benzene rings is 2. The van der Waals surface area contributed by atoms with E-state index in [-0.39, 0.29) is 5.56 Å². The van der Waals surface area contributed by atoms with Crippen molar-refractivity contribution in [3.63, 3.8) is 0 Å². The predicted octanol–water partition coefficient (Wildman–Crippen LogP) is 2.83. The highest BCUT2D eigenvalue weighted by Gasteiger charge is 2.40. The first-order valence-electron chi connectivity index (χ1n) is 13.4. The average molecular weight is 568 g/mol. The second kappa shape index (κ2) is 11.4. The molecule has 2 aliphatic heterocycles. The van der Waals surface area contributed by atoms with Crippen LogP contribution in [0.1, 0.15) is 67.3 Å². The van der Waals surface area contributed by atoms with Crippen LogP contribution in [-0.4, -0.2) is 39.0 Å². The maximum absolute atomic E-state index is 13.8. The second-order valence-corrected chi connectivity index (χ2v) is 12.3. The Hall–Kier alpha value is -2.10. The largest absolute Gasteiger partial charge is 0.417 e. The summed E-state index contributed by atoms with van der Waals surface area (Å²) < 4.78 is 66.4. The topological polar surface area (TPSA) is 138 Å². The van der Waals surface area contributed by atoms with Gasteiger partial charge in [-0.1, -0.05) is 30.3 Å². The number of hydrogen-bond donors (Lipinski definition) is 6. The number of nitrogens with two attached hydrogens (primary N) is 2. The smallest absolute Gasteiger partial charge is 0.330 e. The van der Waals surface area contributed by atoms with Gasteiger partial charge in [-0.15, -0.1) is 0 Å². The Morgan fingerprint density at radius 3 is 2.05 bits per heavy atom. The number of sulfonamides is 1. The zero-order valence-electron chi connectivity index (χ0n) is 21.6. The third kappa shape index (κ3) is 6.15. The van der Waals surface area contributed by atoms with Gasteiger partial charge in [0, 0.05) is 11.6 Å². The van der Waals surface area contributed by atoms with Gasteiger partial charge in [0.25, 0.3) is 0 Å². The van der Waals surface area contributed by atoms with Crippen molar-refractivity contribution >= 4 is 10.0 Å². The van der Waals surface area contributed by atoms with Gasteiger partial charge < -0.3 is 10.6 Å². The molecule has 2 aromatic rings. The van der Waals surface area contributed by atoms with Gasteiger partial charge >= 0.3 is 6.18 Å². The lowest BCUT2D eigenvalue weighted by atomic mass is 9.83. The third-order valence-electron chi connectivity index (χ3n) is 8.46. The molecule has 214 valence electrons. The number of nitrogens with one attached hydrogen (secondary N) is 4. The number of rotatable bonds is 6. The minimum absolute atomic E-state index is 0.116. The van der Waals surface area contributed by atoms with Gasteiger partial charge in [0.15, 0.2) is 0 Å². The van der Waals surface area contributed by atoms with Gasteiger partial charge in [0.05, 0.1) is 5.56 Å². The van der Waals surface area contributed by atoms with Gasteiger partial charge in [0.2, 0.25) is 10.0 Å². The molecule has 13 heteroatoms. The molecule has 2 aromatic carbocycles. The van der Waals surface area contributed by atoms with Crippen LogP contribution in [0.2, 0.25) is 0 Å². The van der Waals surface area contributed by atoms with Crippen LogP contribution in [0.25, 0.3) is 11.1 Å². The number of primary sulfonamides is 1. The molecule has 2 saturated heterocycles. The number of alkyl halides is 3. The lowest BCUT2D eigenvalue weighted by molar-refractivity contribution is -0.140. The number of hydrazine groups is 3. The number of nitrogens with zero attached hydrogens (tertiary/aromatic N) is 1. The summed E-state index contributed by atoms with van der Waals surface area (Å²) in [5, 5.41) is 5.34. The Morgan fingerprint density at radius 1 is 0.897 bits per heavy atom. The van der Waals surface area contributed by atoms with E-state index >= 15 is 0 Å². The Balaban J connectivity index is 1.38. The van der Waals surface area contributed by atoms with E-state index in [1.807, 2.05) is 24.3 Å². The van der Waals surface area contributed by atoms with E-state index < -0.39 is 32.8 Å². The highest BCUT2D eigenvalue weighted by molar-refractivity contribution is 7.89. The minimum Gasteiger partial charge on any atom is -0.330 e. The van der Waals surface area contributed by atoms with Crippen LogP contribution in [0, 0.1) is 5.92 Å². The van der Waals surface area contributed by atoms with Crippen LogP contribution in [-0.2, 0) is 16.2 Å². The lowest BCUT2D eigenvalue weighted by Gasteiger charge is -2.41. The molecule has 0 atom stereocenters. The quantitative estimate of drug-likeness (QED) is 0.314. The SMILES string of the molecule is NCC1CCC(N2CCC(c3ccc(-c4ccc(C(F)(F)F)c(S(N)(=O)=O)c4C4NNNN4)cc3)CC2)CC1. The maximum atomic E-state index is 13.8. The molecule has 3 aliphatic rings. The van der Waals surface area contributed by atoms with Crippen molar-refractivity contribution in [1.29, 1.82) is 0 Å². The summed E-state index contributed by atoms with van der Waals surface area (Å²) in [6.07, 6.45) is 1.05. The zero-order valence-corrected chi connectivity index (χ0v) is 22.4. The molecule has 1 saturated carbocycles. The molecule has 0 amide bonds. The van der Waals surface area contributed by atoms with Crippen LogP contribution in [0.15, 0.2) is 41.3 Å². The van der Waals surface area contributed by atoms with E-state index in [1.165, 1.54) is 37.3 Å². The van der Waals surface area contributed by atoms with E-state index in [1.54, 1.807) is 0 Å². The fourth-order valence-electron chi connectivity index (χ4n) is 6.34.